The minimum atomic E-state index is 0.918. The lowest BCUT2D eigenvalue weighted by atomic mass is 9.89. The van der Waals surface area contributed by atoms with Gasteiger partial charge in [0.15, 0.2) is 0 Å². The van der Waals surface area contributed by atoms with Gasteiger partial charge in [0.05, 0.1) is 17.1 Å². The standard InChI is InChI=1S/C50H41N3/c1-36-29-50(43-17-9-4-10-18-43)53-35-47(36)46-20-12-11-19-45(46)44-31-39(23-21-37-25-27-48(51-33-37)41-13-5-2-6-14-41)30-40(32-44)24-22-38-26-28-49(52-34-38)42-15-7-3-8-16-42/h2-20,25-35H,21-24H2,1H3. The number of aromatic nitrogens is 3. The highest BCUT2D eigenvalue weighted by molar-refractivity contribution is 5.85. The number of nitrogens with zero attached hydrogens (tertiary/aromatic N) is 3. The van der Waals surface area contributed by atoms with Crippen LogP contribution in [-0.4, -0.2) is 15.0 Å². The predicted octanol–water partition coefficient (Wildman–Crippen LogP) is 12.1. The molecule has 3 nitrogen and oxygen atoms in total. The molecule has 256 valence electrons. The molecular formula is C50H41N3. The van der Waals surface area contributed by atoms with Gasteiger partial charge in [0, 0.05) is 40.8 Å². The molecule has 53 heavy (non-hydrogen) atoms. The van der Waals surface area contributed by atoms with Crippen LogP contribution in [0.2, 0.25) is 0 Å². The number of benzene rings is 5. The lowest BCUT2D eigenvalue weighted by Gasteiger charge is -2.16. The van der Waals surface area contributed by atoms with Crippen LogP contribution in [0.15, 0.2) is 182 Å². The van der Waals surface area contributed by atoms with Gasteiger partial charge in [-0.1, -0.05) is 146 Å². The average molecular weight is 684 g/mol. The van der Waals surface area contributed by atoms with Crippen molar-refractivity contribution < 1.29 is 0 Å². The van der Waals surface area contributed by atoms with Crippen molar-refractivity contribution in [2.75, 3.05) is 0 Å². The fourth-order valence-corrected chi connectivity index (χ4v) is 7.06. The summed E-state index contributed by atoms with van der Waals surface area (Å²) < 4.78 is 0. The largest absolute Gasteiger partial charge is 0.256 e. The van der Waals surface area contributed by atoms with E-state index >= 15 is 0 Å². The van der Waals surface area contributed by atoms with Gasteiger partial charge in [-0.25, -0.2) is 0 Å². The van der Waals surface area contributed by atoms with Crippen molar-refractivity contribution in [2.24, 2.45) is 0 Å². The molecular weight excluding hydrogens is 643 g/mol. The Labute approximate surface area is 312 Å². The van der Waals surface area contributed by atoms with Crippen LogP contribution in [0.25, 0.3) is 56.0 Å². The van der Waals surface area contributed by atoms with E-state index in [4.69, 9.17) is 15.0 Å². The summed E-state index contributed by atoms with van der Waals surface area (Å²) >= 11 is 0. The van der Waals surface area contributed by atoms with Crippen molar-refractivity contribution in [3.8, 4) is 56.0 Å². The minimum Gasteiger partial charge on any atom is -0.256 e. The van der Waals surface area contributed by atoms with Gasteiger partial charge in [-0.15, -0.1) is 0 Å². The number of pyridine rings is 3. The molecule has 8 rings (SSSR count). The Balaban J connectivity index is 1.09. The van der Waals surface area contributed by atoms with E-state index in [-0.39, 0.29) is 0 Å². The summed E-state index contributed by atoms with van der Waals surface area (Å²) in [6.07, 6.45) is 9.79. The fraction of sp³-hybridized carbons (Fsp3) is 0.100. The van der Waals surface area contributed by atoms with Gasteiger partial charge < -0.3 is 0 Å². The van der Waals surface area contributed by atoms with E-state index in [0.29, 0.717) is 0 Å². The Morgan fingerprint density at radius 1 is 0.321 bits per heavy atom. The molecule has 0 N–H and O–H groups in total. The lowest BCUT2D eigenvalue weighted by molar-refractivity contribution is 0.923. The van der Waals surface area contributed by atoms with Crippen molar-refractivity contribution in [3.63, 3.8) is 0 Å². The summed E-state index contributed by atoms with van der Waals surface area (Å²) in [5.41, 5.74) is 17.5. The Kier molecular flexibility index (Phi) is 10.1. The highest BCUT2D eigenvalue weighted by atomic mass is 14.7. The second-order valence-corrected chi connectivity index (χ2v) is 13.7. The molecule has 0 saturated heterocycles. The van der Waals surface area contributed by atoms with Gasteiger partial charge in [0.25, 0.3) is 0 Å². The third-order valence-corrected chi connectivity index (χ3v) is 9.95. The molecule has 0 aliphatic heterocycles. The summed E-state index contributed by atoms with van der Waals surface area (Å²) in [7, 11) is 0. The highest BCUT2D eigenvalue weighted by Crippen LogP contribution is 2.36. The highest BCUT2D eigenvalue weighted by Gasteiger charge is 2.14. The number of aryl methyl sites for hydroxylation is 5. The zero-order chi connectivity index (χ0) is 35.8. The first kappa shape index (κ1) is 33.7. The molecule has 0 aliphatic rings. The van der Waals surface area contributed by atoms with Gasteiger partial charge in [-0.05, 0) is 95.3 Å². The minimum absolute atomic E-state index is 0.918. The zero-order valence-corrected chi connectivity index (χ0v) is 30.0. The van der Waals surface area contributed by atoms with Crippen LogP contribution < -0.4 is 0 Å². The monoisotopic (exact) mass is 683 g/mol. The Bertz CT molecular complexity index is 2310. The van der Waals surface area contributed by atoms with Gasteiger partial charge in [-0.3, -0.25) is 15.0 Å². The number of hydrogen-bond acceptors (Lipinski definition) is 3. The molecule has 0 unspecified atom stereocenters. The number of rotatable bonds is 11. The van der Waals surface area contributed by atoms with E-state index in [1.165, 1.54) is 44.5 Å². The summed E-state index contributed by atoms with van der Waals surface area (Å²) in [6, 6.07) is 58.0. The van der Waals surface area contributed by atoms with Crippen molar-refractivity contribution >= 4 is 0 Å². The first-order chi connectivity index (χ1) is 26.2. The molecule has 3 heterocycles. The van der Waals surface area contributed by atoms with Gasteiger partial charge in [0.2, 0.25) is 0 Å². The molecule has 8 aromatic rings. The maximum Gasteiger partial charge on any atom is 0.0705 e. The van der Waals surface area contributed by atoms with E-state index in [1.54, 1.807) is 0 Å². The van der Waals surface area contributed by atoms with Gasteiger partial charge in [-0.2, -0.15) is 0 Å². The van der Waals surface area contributed by atoms with Crippen molar-refractivity contribution in [3.05, 3.63) is 210 Å². The van der Waals surface area contributed by atoms with Crippen molar-refractivity contribution in [1.82, 2.24) is 15.0 Å². The fourth-order valence-electron chi connectivity index (χ4n) is 7.06. The third kappa shape index (κ3) is 8.06. The van der Waals surface area contributed by atoms with E-state index in [1.807, 2.05) is 36.8 Å². The van der Waals surface area contributed by atoms with Crippen LogP contribution in [0, 0.1) is 6.92 Å². The van der Waals surface area contributed by atoms with Crippen molar-refractivity contribution in [1.29, 1.82) is 0 Å². The third-order valence-electron chi connectivity index (χ3n) is 9.95. The Morgan fingerprint density at radius 3 is 1.23 bits per heavy atom. The Morgan fingerprint density at radius 2 is 0.755 bits per heavy atom. The van der Waals surface area contributed by atoms with E-state index in [0.717, 1.165) is 65.0 Å². The molecule has 3 aromatic heterocycles. The molecule has 0 atom stereocenters. The summed E-state index contributed by atoms with van der Waals surface area (Å²) in [5, 5.41) is 0. The zero-order valence-electron chi connectivity index (χ0n) is 30.0. The first-order valence-corrected chi connectivity index (χ1v) is 18.4. The first-order valence-electron chi connectivity index (χ1n) is 18.4. The second-order valence-electron chi connectivity index (χ2n) is 13.7. The smallest absolute Gasteiger partial charge is 0.0705 e. The normalized spacial score (nSPS) is 11.0. The van der Waals surface area contributed by atoms with Crippen LogP contribution in [0.3, 0.4) is 0 Å². The maximum atomic E-state index is 4.92. The molecule has 0 saturated carbocycles. The predicted molar refractivity (Wildman–Crippen MR) is 219 cm³/mol. The molecule has 0 radical (unpaired) electrons. The molecule has 0 aliphatic carbocycles. The van der Waals surface area contributed by atoms with Gasteiger partial charge >= 0.3 is 0 Å². The van der Waals surface area contributed by atoms with Crippen LogP contribution in [0.4, 0.5) is 0 Å². The van der Waals surface area contributed by atoms with E-state index in [2.05, 4.69) is 153 Å². The topological polar surface area (TPSA) is 38.7 Å². The molecule has 0 spiro atoms. The molecule has 5 aromatic carbocycles. The Hall–Kier alpha value is -6.45. The van der Waals surface area contributed by atoms with E-state index < -0.39 is 0 Å². The summed E-state index contributed by atoms with van der Waals surface area (Å²) in [5.74, 6) is 0. The van der Waals surface area contributed by atoms with Crippen LogP contribution >= 0.6 is 0 Å². The van der Waals surface area contributed by atoms with E-state index in [9.17, 15) is 0 Å². The molecule has 0 fully saturated rings. The van der Waals surface area contributed by atoms with Crippen LogP contribution in [-0.2, 0) is 25.7 Å². The maximum absolute atomic E-state index is 4.92. The van der Waals surface area contributed by atoms with Crippen LogP contribution in [0.1, 0.15) is 27.8 Å². The molecule has 0 bridgehead atoms. The second kappa shape index (κ2) is 15.8. The average Bonchev–Trinajstić information content (AvgIpc) is 3.23. The van der Waals surface area contributed by atoms with Gasteiger partial charge in [0.1, 0.15) is 0 Å². The lowest BCUT2D eigenvalue weighted by Crippen LogP contribution is -1.99. The summed E-state index contributed by atoms with van der Waals surface area (Å²) in [6.45, 7) is 2.19. The molecule has 0 amide bonds. The van der Waals surface area contributed by atoms with Crippen LogP contribution in [0.5, 0.6) is 0 Å². The number of hydrogen-bond donors (Lipinski definition) is 0. The SMILES string of the molecule is Cc1cc(-c2ccccc2)ncc1-c1ccccc1-c1cc(CCc2ccc(-c3ccccc3)nc2)cc(CCc2ccc(-c3ccccc3)nc2)c1. The summed E-state index contributed by atoms with van der Waals surface area (Å²) in [4.78, 5) is 14.5. The quantitative estimate of drug-likeness (QED) is 0.136. The van der Waals surface area contributed by atoms with Crippen molar-refractivity contribution in [2.45, 2.75) is 32.6 Å². The molecule has 3 heteroatoms.